The van der Waals surface area contributed by atoms with Crippen molar-refractivity contribution in [1.29, 1.82) is 0 Å². The van der Waals surface area contributed by atoms with E-state index < -0.39 is 29.7 Å². The molecule has 12 heteroatoms. The van der Waals surface area contributed by atoms with E-state index in [0.717, 1.165) is 0 Å². The summed E-state index contributed by atoms with van der Waals surface area (Å²) in [6.45, 7) is 1.61. The molecule has 5 rings (SSSR count). The van der Waals surface area contributed by atoms with Crippen LogP contribution < -0.4 is 5.32 Å². The third-order valence-corrected chi connectivity index (χ3v) is 6.32. The van der Waals surface area contributed by atoms with Crippen LogP contribution in [0.4, 0.5) is 14.6 Å². The van der Waals surface area contributed by atoms with Crippen molar-refractivity contribution in [2.75, 3.05) is 19.4 Å². The van der Waals surface area contributed by atoms with E-state index in [0.29, 0.717) is 27.8 Å². The normalized spacial score (nSPS) is 18.3. The van der Waals surface area contributed by atoms with Crippen molar-refractivity contribution in [2.45, 2.75) is 25.4 Å². The number of alkyl halides is 1. The minimum atomic E-state index is -1.11. The van der Waals surface area contributed by atoms with Gasteiger partial charge in [0.25, 0.3) is 0 Å². The Morgan fingerprint density at radius 2 is 2.06 bits per heavy atom. The van der Waals surface area contributed by atoms with Gasteiger partial charge in [-0.2, -0.15) is 5.10 Å². The fraction of sp³-hybridized carbons (Fsp3) is 0.318. The first-order valence-electron chi connectivity index (χ1n) is 10.5. The number of halogens is 3. The predicted molar refractivity (Wildman–Crippen MR) is 122 cm³/mol. The third-order valence-electron chi connectivity index (χ3n) is 5.97. The molecule has 3 atom stereocenters. The van der Waals surface area contributed by atoms with Crippen LogP contribution in [0.1, 0.15) is 24.8 Å². The van der Waals surface area contributed by atoms with Gasteiger partial charge in [-0.25, -0.2) is 13.8 Å². The van der Waals surface area contributed by atoms with Crippen LogP contribution in [0.15, 0.2) is 24.8 Å². The number of fused-ring (bicyclic) bond motifs is 2. The van der Waals surface area contributed by atoms with Crippen LogP contribution in [-0.4, -0.2) is 61.5 Å². The van der Waals surface area contributed by atoms with E-state index in [1.54, 1.807) is 37.8 Å². The Bertz CT molecular complexity index is 1460. The summed E-state index contributed by atoms with van der Waals surface area (Å²) in [4.78, 5) is 34.6. The Morgan fingerprint density at radius 3 is 2.74 bits per heavy atom. The first-order chi connectivity index (χ1) is 16.2. The van der Waals surface area contributed by atoms with Gasteiger partial charge in [0.15, 0.2) is 11.5 Å². The number of nitrogens with zero attached hydrogens (tertiary/aromatic N) is 5. The number of amides is 2. The molecule has 0 saturated heterocycles. The second-order valence-corrected chi connectivity index (χ2v) is 8.92. The Balaban J connectivity index is 1.58. The van der Waals surface area contributed by atoms with Gasteiger partial charge < -0.3 is 14.6 Å². The van der Waals surface area contributed by atoms with Gasteiger partial charge >= 0.3 is 0 Å². The average Bonchev–Trinajstić information content (AvgIpc) is 3.17. The number of imidazole rings is 1. The van der Waals surface area contributed by atoms with E-state index in [4.69, 9.17) is 11.6 Å². The SMILES string of the molecule is CC(C(=O)N(C)C)c1c(F)c(Cl)c(-c2cn3cc(NC(=O)[C@@H]4C[C@@H]4F)nc3cn2)c2cn[nH]c12. The lowest BCUT2D eigenvalue weighted by atomic mass is 9.93. The van der Waals surface area contributed by atoms with E-state index in [2.05, 4.69) is 25.5 Å². The molecule has 3 heterocycles. The fourth-order valence-corrected chi connectivity index (χ4v) is 4.35. The molecule has 176 valence electrons. The van der Waals surface area contributed by atoms with E-state index in [1.165, 1.54) is 17.3 Å². The van der Waals surface area contributed by atoms with E-state index in [-0.39, 0.29) is 28.7 Å². The summed E-state index contributed by atoms with van der Waals surface area (Å²) in [6, 6.07) is 0. The molecule has 1 aromatic carbocycles. The molecule has 9 nitrogen and oxygen atoms in total. The smallest absolute Gasteiger partial charge is 0.231 e. The molecule has 1 aliphatic rings. The second kappa shape index (κ2) is 8.01. The standard InChI is InChI=1S/C22H20ClF2N7O2/c1-9(22(34)31(2)3)16-19(25)18(23)17(11-5-27-30-20(11)16)13-7-32-8-14(28-15(32)6-26-13)29-21(33)10-4-12(10)24/h5-10,12H,4H2,1-3H3,(H,27,30)(H,29,33)/t9?,10-,12+/m1/s1. The molecule has 1 aliphatic carbocycles. The molecule has 1 unspecified atom stereocenters. The maximum atomic E-state index is 15.5. The summed E-state index contributed by atoms with van der Waals surface area (Å²) in [5.74, 6) is -2.63. The lowest BCUT2D eigenvalue weighted by Crippen LogP contribution is -2.27. The van der Waals surface area contributed by atoms with Crippen LogP contribution in [0.3, 0.4) is 0 Å². The van der Waals surface area contributed by atoms with Gasteiger partial charge in [-0.1, -0.05) is 11.6 Å². The van der Waals surface area contributed by atoms with E-state index in [9.17, 15) is 14.0 Å². The Labute approximate surface area is 197 Å². The summed E-state index contributed by atoms with van der Waals surface area (Å²) in [7, 11) is 3.19. The van der Waals surface area contributed by atoms with Crippen molar-refractivity contribution in [1.82, 2.24) is 29.5 Å². The molecule has 4 aromatic rings. The highest BCUT2D eigenvalue weighted by atomic mass is 35.5. The van der Waals surface area contributed by atoms with Crippen molar-refractivity contribution in [3.8, 4) is 11.3 Å². The second-order valence-electron chi connectivity index (χ2n) is 8.54. The molecule has 0 spiro atoms. The molecule has 0 bridgehead atoms. The maximum Gasteiger partial charge on any atom is 0.231 e. The number of nitrogens with one attached hydrogen (secondary N) is 2. The van der Waals surface area contributed by atoms with Crippen LogP contribution in [-0.2, 0) is 9.59 Å². The molecule has 34 heavy (non-hydrogen) atoms. The quantitative estimate of drug-likeness (QED) is 0.447. The number of hydrogen-bond donors (Lipinski definition) is 2. The highest BCUT2D eigenvalue weighted by Crippen LogP contribution is 2.41. The number of aromatic nitrogens is 5. The van der Waals surface area contributed by atoms with Crippen LogP contribution in [0.2, 0.25) is 5.02 Å². The number of hydrogen-bond acceptors (Lipinski definition) is 5. The summed E-state index contributed by atoms with van der Waals surface area (Å²) in [5.41, 5.74) is 1.54. The van der Waals surface area contributed by atoms with E-state index in [1.807, 2.05) is 0 Å². The molecule has 3 aromatic heterocycles. The van der Waals surface area contributed by atoms with Crippen molar-refractivity contribution < 1.29 is 18.4 Å². The molecule has 1 saturated carbocycles. The van der Waals surface area contributed by atoms with Gasteiger partial charge in [-0.15, -0.1) is 0 Å². The van der Waals surface area contributed by atoms with Crippen molar-refractivity contribution in [2.24, 2.45) is 5.92 Å². The molecule has 0 aliphatic heterocycles. The summed E-state index contributed by atoms with van der Waals surface area (Å²) in [6.07, 6.45) is 5.20. The molecular weight excluding hydrogens is 468 g/mol. The molecule has 0 radical (unpaired) electrons. The molecule has 2 amide bonds. The largest absolute Gasteiger partial charge is 0.348 e. The molecule has 2 N–H and O–H groups in total. The number of benzene rings is 1. The van der Waals surface area contributed by atoms with Crippen molar-refractivity contribution in [3.05, 3.63) is 41.2 Å². The van der Waals surface area contributed by atoms with Gasteiger partial charge in [0, 0.05) is 36.8 Å². The summed E-state index contributed by atoms with van der Waals surface area (Å²) in [5, 5.41) is 9.73. The highest BCUT2D eigenvalue weighted by Gasteiger charge is 2.43. The highest BCUT2D eigenvalue weighted by molar-refractivity contribution is 6.35. The zero-order valence-electron chi connectivity index (χ0n) is 18.4. The Hall–Kier alpha value is -3.60. The van der Waals surface area contributed by atoms with E-state index >= 15 is 4.39 Å². The number of rotatable bonds is 5. The maximum absolute atomic E-state index is 15.5. The lowest BCUT2D eigenvalue weighted by Gasteiger charge is -2.20. The number of carbonyl (C=O) groups is 2. The van der Waals surface area contributed by atoms with Crippen molar-refractivity contribution >= 4 is 45.8 Å². The number of aromatic amines is 1. The van der Waals surface area contributed by atoms with Crippen LogP contribution >= 0.6 is 11.6 Å². The first kappa shape index (κ1) is 22.2. The minimum absolute atomic E-state index is 0.125. The predicted octanol–water partition coefficient (Wildman–Crippen LogP) is 3.55. The third kappa shape index (κ3) is 3.56. The van der Waals surface area contributed by atoms with Gasteiger partial charge in [-0.3, -0.25) is 19.7 Å². The lowest BCUT2D eigenvalue weighted by molar-refractivity contribution is -0.129. The fourth-order valence-electron chi connectivity index (χ4n) is 4.05. The van der Waals surface area contributed by atoms with Gasteiger partial charge in [-0.05, 0) is 13.3 Å². The number of carbonyl (C=O) groups excluding carboxylic acids is 2. The van der Waals surface area contributed by atoms with Gasteiger partial charge in [0.05, 0.1) is 46.7 Å². The van der Waals surface area contributed by atoms with Crippen LogP contribution in [0.5, 0.6) is 0 Å². The number of H-pyrrole nitrogens is 1. The first-order valence-corrected chi connectivity index (χ1v) is 10.9. The summed E-state index contributed by atoms with van der Waals surface area (Å²) < 4.78 is 30.3. The van der Waals surface area contributed by atoms with Crippen molar-refractivity contribution in [3.63, 3.8) is 0 Å². The minimum Gasteiger partial charge on any atom is -0.348 e. The number of likely N-dealkylation sites (N-methyl/N-ethyl adjacent to an activating group) is 1. The molecular formula is C22H20ClF2N7O2. The summed E-state index contributed by atoms with van der Waals surface area (Å²) >= 11 is 6.48. The Kier molecular flexibility index (Phi) is 5.23. The topological polar surface area (TPSA) is 108 Å². The van der Waals surface area contributed by atoms with Gasteiger partial charge in [0.1, 0.15) is 12.0 Å². The Morgan fingerprint density at radius 1 is 1.32 bits per heavy atom. The number of anilines is 1. The molecule has 1 fully saturated rings. The zero-order valence-corrected chi connectivity index (χ0v) is 19.2. The van der Waals surface area contributed by atoms with Gasteiger partial charge in [0.2, 0.25) is 11.8 Å². The van der Waals surface area contributed by atoms with Crippen LogP contribution in [0.25, 0.3) is 27.8 Å². The zero-order chi connectivity index (χ0) is 24.3. The average molecular weight is 488 g/mol. The van der Waals surface area contributed by atoms with Crippen LogP contribution in [0, 0.1) is 11.7 Å². The monoisotopic (exact) mass is 487 g/mol.